The maximum absolute atomic E-state index is 12.5. The molecule has 0 bridgehead atoms. The summed E-state index contributed by atoms with van der Waals surface area (Å²) in [5, 5.41) is 12.1. The second kappa shape index (κ2) is 8.56. The number of ketones is 1. The average molecular weight is 420 g/mol. The Hall–Kier alpha value is -1.67. The van der Waals surface area contributed by atoms with Gasteiger partial charge in [-0.05, 0) is 48.6 Å². The smallest absolute Gasteiger partial charge is 0.192 e. The summed E-state index contributed by atoms with van der Waals surface area (Å²) in [7, 11) is 0. The summed E-state index contributed by atoms with van der Waals surface area (Å²) in [6, 6.07) is 11.0. The molecule has 1 aliphatic heterocycles. The Morgan fingerprint density at radius 3 is 2.85 bits per heavy atom. The first-order valence-corrected chi connectivity index (χ1v) is 11.0. The van der Waals surface area contributed by atoms with Gasteiger partial charge in [0, 0.05) is 17.2 Å². The Kier molecular flexibility index (Phi) is 5.92. The van der Waals surface area contributed by atoms with Crippen molar-refractivity contribution in [3.8, 4) is 10.7 Å². The van der Waals surface area contributed by atoms with Crippen molar-refractivity contribution in [1.29, 1.82) is 0 Å². The van der Waals surface area contributed by atoms with E-state index in [1.165, 1.54) is 11.8 Å². The molecule has 1 aliphatic rings. The lowest BCUT2D eigenvalue weighted by Gasteiger charge is -2.14. The number of halogens is 1. The Balaban J connectivity index is 1.52. The first kappa shape index (κ1) is 18.7. The van der Waals surface area contributed by atoms with Crippen LogP contribution in [-0.2, 0) is 11.3 Å². The zero-order valence-corrected chi connectivity index (χ0v) is 16.9. The standard InChI is InChI=1S/C19H18ClN3O2S2/c20-14-7-5-13(6-8-14)16(24)12-27-19-22-21-18(17-4-2-10-26-17)23(19)11-15-3-1-9-25-15/h2,4-8,10,15H,1,3,9,11-12H2. The summed E-state index contributed by atoms with van der Waals surface area (Å²) in [5.41, 5.74) is 0.649. The van der Waals surface area contributed by atoms with E-state index < -0.39 is 0 Å². The molecule has 5 nitrogen and oxygen atoms in total. The van der Waals surface area contributed by atoms with Crippen LogP contribution in [0, 0.1) is 0 Å². The van der Waals surface area contributed by atoms with Gasteiger partial charge in [-0.2, -0.15) is 0 Å². The van der Waals surface area contributed by atoms with Crippen LogP contribution in [0.4, 0.5) is 0 Å². The number of hydrogen-bond donors (Lipinski definition) is 0. The molecular formula is C19H18ClN3O2S2. The molecule has 140 valence electrons. The summed E-state index contributed by atoms with van der Waals surface area (Å²) in [6.07, 6.45) is 2.29. The fraction of sp³-hybridized carbons (Fsp3) is 0.316. The molecule has 2 aromatic heterocycles. The molecule has 0 spiro atoms. The maximum atomic E-state index is 12.5. The lowest BCUT2D eigenvalue weighted by molar-refractivity contribution is 0.0953. The monoisotopic (exact) mass is 419 g/mol. The van der Waals surface area contributed by atoms with Crippen LogP contribution < -0.4 is 0 Å². The molecule has 4 rings (SSSR count). The molecule has 0 N–H and O–H groups in total. The second-order valence-corrected chi connectivity index (χ2v) is 8.57. The van der Waals surface area contributed by atoms with Gasteiger partial charge in [0.25, 0.3) is 0 Å². The molecule has 1 unspecified atom stereocenters. The molecule has 27 heavy (non-hydrogen) atoms. The number of ether oxygens (including phenoxy) is 1. The van der Waals surface area contributed by atoms with Crippen molar-refractivity contribution >= 4 is 40.5 Å². The van der Waals surface area contributed by atoms with Crippen molar-refractivity contribution in [2.45, 2.75) is 30.6 Å². The van der Waals surface area contributed by atoms with E-state index in [0.29, 0.717) is 22.9 Å². The van der Waals surface area contributed by atoms with Crippen LogP contribution in [-0.4, -0.2) is 39.0 Å². The number of nitrogens with zero attached hydrogens (tertiary/aromatic N) is 3. The Morgan fingerprint density at radius 2 is 2.15 bits per heavy atom. The van der Waals surface area contributed by atoms with Crippen LogP contribution in [0.25, 0.3) is 10.7 Å². The van der Waals surface area contributed by atoms with Crippen LogP contribution in [0.15, 0.2) is 46.9 Å². The molecule has 8 heteroatoms. The maximum Gasteiger partial charge on any atom is 0.192 e. The minimum absolute atomic E-state index is 0.0426. The van der Waals surface area contributed by atoms with Gasteiger partial charge in [0.05, 0.1) is 23.3 Å². The molecule has 0 radical (unpaired) electrons. The molecule has 1 aromatic carbocycles. The molecule has 3 heterocycles. The summed E-state index contributed by atoms with van der Waals surface area (Å²) in [5.74, 6) is 1.18. The van der Waals surface area contributed by atoms with Crippen molar-refractivity contribution in [2.75, 3.05) is 12.4 Å². The van der Waals surface area contributed by atoms with E-state index in [2.05, 4.69) is 14.8 Å². The van der Waals surface area contributed by atoms with E-state index in [4.69, 9.17) is 16.3 Å². The van der Waals surface area contributed by atoms with E-state index >= 15 is 0 Å². The number of benzene rings is 1. The van der Waals surface area contributed by atoms with Crippen LogP contribution >= 0.6 is 34.7 Å². The first-order valence-electron chi connectivity index (χ1n) is 8.71. The SMILES string of the molecule is O=C(CSc1nnc(-c2cccs2)n1CC1CCCO1)c1ccc(Cl)cc1. The third kappa shape index (κ3) is 4.43. The number of rotatable bonds is 7. The molecule has 0 saturated carbocycles. The number of Topliss-reactive ketones (excluding diaryl/α,β-unsaturated/α-hetero) is 1. The highest BCUT2D eigenvalue weighted by molar-refractivity contribution is 7.99. The highest BCUT2D eigenvalue weighted by Gasteiger charge is 2.22. The van der Waals surface area contributed by atoms with Gasteiger partial charge in [-0.3, -0.25) is 9.36 Å². The number of carbonyl (C=O) groups excluding carboxylic acids is 1. The van der Waals surface area contributed by atoms with E-state index in [1.54, 1.807) is 35.6 Å². The van der Waals surface area contributed by atoms with Crippen molar-refractivity contribution in [2.24, 2.45) is 0 Å². The highest BCUT2D eigenvalue weighted by Crippen LogP contribution is 2.29. The minimum atomic E-state index is 0.0426. The van der Waals surface area contributed by atoms with Crippen molar-refractivity contribution in [1.82, 2.24) is 14.8 Å². The minimum Gasteiger partial charge on any atom is -0.376 e. The zero-order valence-electron chi connectivity index (χ0n) is 14.5. The Labute approximate surface area is 170 Å². The second-order valence-electron chi connectivity index (χ2n) is 6.25. The number of carbonyl (C=O) groups is 1. The summed E-state index contributed by atoms with van der Waals surface area (Å²) < 4.78 is 7.88. The number of hydrogen-bond acceptors (Lipinski definition) is 6. The summed E-state index contributed by atoms with van der Waals surface area (Å²) >= 11 is 8.94. The molecule has 0 aliphatic carbocycles. The topological polar surface area (TPSA) is 57.0 Å². The summed E-state index contributed by atoms with van der Waals surface area (Å²) in [6.45, 7) is 1.51. The van der Waals surface area contributed by atoms with Gasteiger partial charge in [0.2, 0.25) is 0 Å². The molecule has 0 amide bonds. The van der Waals surface area contributed by atoms with Gasteiger partial charge >= 0.3 is 0 Å². The van der Waals surface area contributed by atoms with Gasteiger partial charge in [0.15, 0.2) is 16.8 Å². The van der Waals surface area contributed by atoms with Crippen molar-refractivity contribution < 1.29 is 9.53 Å². The van der Waals surface area contributed by atoms with E-state index in [9.17, 15) is 4.79 Å². The zero-order chi connectivity index (χ0) is 18.6. The fourth-order valence-corrected chi connectivity index (χ4v) is 4.67. The highest BCUT2D eigenvalue weighted by atomic mass is 35.5. The van der Waals surface area contributed by atoms with Gasteiger partial charge in [0.1, 0.15) is 0 Å². The Bertz CT molecular complexity index is 904. The van der Waals surface area contributed by atoms with E-state index in [-0.39, 0.29) is 11.9 Å². The molecule has 1 saturated heterocycles. The molecule has 3 aromatic rings. The van der Waals surface area contributed by atoms with Gasteiger partial charge < -0.3 is 4.74 Å². The Morgan fingerprint density at radius 1 is 1.30 bits per heavy atom. The third-order valence-corrected chi connectivity index (χ3v) is 6.45. The molecule has 1 atom stereocenters. The quantitative estimate of drug-likeness (QED) is 0.406. The van der Waals surface area contributed by atoms with Crippen molar-refractivity contribution in [3.05, 3.63) is 52.4 Å². The van der Waals surface area contributed by atoms with E-state index in [1.807, 2.05) is 17.5 Å². The number of thiophene rings is 1. The number of aromatic nitrogens is 3. The van der Waals surface area contributed by atoms with Gasteiger partial charge in [-0.15, -0.1) is 21.5 Å². The number of thioether (sulfide) groups is 1. The summed E-state index contributed by atoms with van der Waals surface area (Å²) in [4.78, 5) is 13.5. The van der Waals surface area contributed by atoms with Crippen molar-refractivity contribution in [3.63, 3.8) is 0 Å². The lowest BCUT2D eigenvalue weighted by atomic mass is 10.1. The first-order chi connectivity index (χ1) is 13.2. The van der Waals surface area contributed by atoms with E-state index in [0.717, 1.165) is 35.3 Å². The largest absolute Gasteiger partial charge is 0.376 e. The lowest BCUT2D eigenvalue weighted by Crippen LogP contribution is -2.17. The fourth-order valence-electron chi connectivity index (χ4n) is 2.99. The van der Waals surface area contributed by atoms with Crippen LogP contribution in [0.3, 0.4) is 0 Å². The third-order valence-electron chi connectivity index (χ3n) is 4.37. The predicted molar refractivity (Wildman–Crippen MR) is 109 cm³/mol. The van der Waals surface area contributed by atoms with Gasteiger partial charge in [-0.25, -0.2) is 0 Å². The van der Waals surface area contributed by atoms with Crippen LogP contribution in [0.2, 0.25) is 5.02 Å². The average Bonchev–Trinajstić information content (AvgIpc) is 3.43. The van der Waals surface area contributed by atoms with Gasteiger partial charge in [-0.1, -0.05) is 29.4 Å². The predicted octanol–water partition coefficient (Wildman–Crippen LogP) is 4.81. The normalized spacial score (nSPS) is 16.7. The molecular weight excluding hydrogens is 402 g/mol. The van der Waals surface area contributed by atoms with Crippen LogP contribution in [0.5, 0.6) is 0 Å². The van der Waals surface area contributed by atoms with Crippen LogP contribution in [0.1, 0.15) is 23.2 Å². The molecule has 1 fully saturated rings.